The first-order valence-corrected chi connectivity index (χ1v) is 8.32. The van der Waals surface area contributed by atoms with E-state index in [2.05, 4.69) is 10.4 Å². The molecule has 1 aromatic heterocycles. The lowest BCUT2D eigenvalue weighted by atomic mass is 10.1. The molecule has 1 heterocycles. The van der Waals surface area contributed by atoms with Gasteiger partial charge < -0.3 is 5.32 Å². The van der Waals surface area contributed by atoms with Crippen molar-refractivity contribution in [1.82, 2.24) is 15.1 Å². The maximum absolute atomic E-state index is 13.9. The summed E-state index contributed by atoms with van der Waals surface area (Å²) < 4.78 is 28.1. The maximum Gasteiger partial charge on any atom is 0.272 e. The molecule has 0 spiro atoms. The summed E-state index contributed by atoms with van der Waals surface area (Å²) in [7, 11) is 0. The van der Waals surface area contributed by atoms with E-state index in [0.717, 1.165) is 17.7 Å². The summed E-state index contributed by atoms with van der Waals surface area (Å²) in [5.41, 5.74) is 0.710. The first-order chi connectivity index (χ1) is 12.9. The number of benzene rings is 2. The number of nitrogens with zero attached hydrogens (tertiary/aromatic N) is 2. The lowest BCUT2D eigenvalue weighted by Crippen LogP contribution is -2.31. The van der Waals surface area contributed by atoms with Crippen LogP contribution in [-0.2, 0) is 6.54 Å². The Labute approximate surface area is 154 Å². The summed E-state index contributed by atoms with van der Waals surface area (Å²) in [5, 5.41) is 6.69. The van der Waals surface area contributed by atoms with Gasteiger partial charge in [0.1, 0.15) is 17.3 Å². The Kier molecular flexibility index (Phi) is 5.40. The summed E-state index contributed by atoms with van der Waals surface area (Å²) in [4.78, 5) is 24.4. The van der Waals surface area contributed by atoms with Crippen LogP contribution >= 0.6 is 0 Å². The summed E-state index contributed by atoms with van der Waals surface area (Å²) in [6, 6.07) is 14.3. The minimum absolute atomic E-state index is 0.0277. The highest BCUT2D eigenvalue weighted by Crippen LogP contribution is 2.18. The second-order valence-corrected chi connectivity index (χ2v) is 6.06. The van der Waals surface area contributed by atoms with Crippen molar-refractivity contribution >= 4 is 5.91 Å². The molecular formula is C20H17F2N3O2. The molecule has 3 aromatic rings. The van der Waals surface area contributed by atoms with Crippen LogP contribution in [0.1, 0.15) is 34.6 Å². The molecule has 27 heavy (non-hydrogen) atoms. The monoisotopic (exact) mass is 369 g/mol. The Hall–Kier alpha value is -3.35. The Balaban J connectivity index is 1.78. The van der Waals surface area contributed by atoms with Gasteiger partial charge in [-0.1, -0.05) is 36.4 Å². The fourth-order valence-electron chi connectivity index (χ4n) is 2.64. The topological polar surface area (TPSA) is 64.0 Å². The van der Waals surface area contributed by atoms with E-state index < -0.39 is 23.6 Å². The molecule has 0 saturated heterocycles. The molecule has 0 fully saturated rings. The van der Waals surface area contributed by atoms with Crippen molar-refractivity contribution in [1.29, 1.82) is 0 Å². The van der Waals surface area contributed by atoms with Gasteiger partial charge in [-0.15, -0.1) is 0 Å². The highest BCUT2D eigenvalue weighted by atomic mass is 19.1. The fourth-order valence-corrected chi connectivity index (χ4v) is 2.64. The molecule has 0 bridgehead atoms. The van der Waals surface area contributed by atoms with Crippen molar-refractivity contribution in [3.8, 4) is 0 Å². The van der Waals surface area contributed by atoms with Crippen LogP contribution in [-0.4, -0.2) is 15.7 Å². The zero-order valence-electron chi connectivity index (χ0n) is 14.5. The lowest BCUT2D eigenvalue weighted by molar-refractivity contribution is 0.0932. The Bertz CT molecular complexity index is 1020. The van der Waals surface area contributed by atoms with E-state index in [-0.39, 0.29) is 23.4 Å². The number of carbonyl (C=O) groups is 1. The van der Waals surface area contributed by atoms with Crippen molar-refractivity contribution in [3.05, 3.63) is 99.5 Å². The predicted molar refractivity (Wildman–Crippen MR) is 96.3 cm³/mol. The van der Waals surface area contributed by atoms with Crippen LogP contribution in [0.2, 0.25) is 0 Å². The van der Waals surface area contributed by atoms with E-state index in [0.29, 0.717) is 0 Å². The quantitative estimate of drug-likeness (QED) is 0.752. The second-order valence-electron chi connectivity index (χ2n) is 6.06. The summed E-state index contributed by atoms with van der Waals surface area (Å²) in [6.45, 7) is 1.80. The normalized spacial score (nSPS) is 11.8. The Morgan fingerprint density at radius 2 is 1.85 bits per heavy atom. The molecule has 0 aliphatic heterocycles. The predicted octanol–water partition coefficient (Wildman–Crippen LogP) is 3.06. The standard InChI is InChI=1S/C20H17F2N3O2/c1-13(16-8-7-15(21)11-17(16)22)23-20(27)18-9-10-19(26)25(24-18)12-14-5-3-2-4-6-14/h2-11,13H,12H2,1H3,(H,23,27). The first kappa shape index (κ1) is 18.4. The fraction of sp³-hybridized carbons (Fsp3) is 0.150. The third-order valence-corrected chi connectivity index (χ3v) is 4.05. The molecular weight excluding hydrogens is 352 g/mol. The lowest BCUT2D eigenvalue weighted by Gasteiger charge is -2.15. The van der Waals surface area contributed by atoms with Crippen LogP contribution in [0.5, 0.6) is 0 Å². The smallest absolute Gasteiger partial charge is 0.272 e. The van der Waals surface area contributed by atoms with Gasteiger partial charge in [0.25, 0.3) is 11.5 Å². The van der Waals surface area contributed by atoms with Crippen molar-refractivity contribution in [3.63, 3.8) is 0 Å². The molecule has 7 heteroatoms. The zero-order valence-corrected chi connectivity index (χ0v) is 14.5. The molecule has 1 amide bonds. The van der Waals surface area contributed by atoms with E-state index in [1.54, 1.807) is 6.92 Å². The van der Waals surface area contributed by atoms with Gasteiger partial charge in [0.2, 0.25) is 0 Å². The van der Waals surface area contributed by atoms with Crippen molar-refractivity contribution < 1.29 is 13.6 Å². The number of hydrogen-bond donors (Lipinski definition) is 1. The zero-order chi connectivity index (χ0) is 19.4. The molecule has 0 aliphatic rings. The maximum atomic E-state index is 13.9. The van der Waals surface area contributed by atoms with Gasteiger partial charge in [0.05, 0.1) is 12.6 Å². The SMILES string of the molecule is CC(NC(=O)c1ccc(=O)n(Cc2ccccc2)n1)c1ccc(F)cc1F. The first-order valence-electron chi connectivity index (χ1n) is 8.32. The number of aromatic nitrogens is 2. The molecule has 5 nitrogen and oxygen atoms in total. The van der Waals surface area contributed by atoms with Gasteiger partial charge in [-0.2, -0.15) is 5.10 Å². The van der Waals surface area contributed by atoms with Crippen LogP contribution in [0, 0.1) is 11.6 Å². The van der Waals surface area contributed by atoms with Crippen LogP contribution in [0.15, 0.2) is 65.5 Å². The number of rotatable bonds is 5. The molecule has 1 unspecified atom stereocenters. The average Bonchev–Trinajstić information content (AvgIpc) is 2.64. The minimum atomic E-state index is -0.746. The van der Waals surface area contributed by atoms with Gasteiger partial charge in [0.15, 0.2) is 0 Å². The summed E-state index contributed by atoms with van der Waals surface area (Å²) >= 11 is 0. The van der Waals surface area contributed by atoms with Crippen molar-refractivity contribution in [2.45, 2.75) is 19.5 Å². The van der Waals surface area contributed by atoms with Gasteiger partial charge in [0, 0.05) is 17.7 Å². The van der Waals surface area contributed by atoms with E-state index in [1.807, 2.05) is 30.3 Å². The highest BCUT2D eigenvalue weighted by Gasteiger charge is 2.17. The van der Waals surface area contributed by atoms with E-state index in [4.69, 9.17) is 0 Å². The molecule has 0 saturated carbocycles. The average molecular weight is 369 g/mol. The molecule has 0 radical (unpaired) electrons. The molecule has 2 aromatic carbocycles. The Morgan fingerprint density at radius 1 is 1.11 bits per heavy atom. The number of amides is 1. The van der Waals surface area contributed by atoms with Crippen LogP contribution in [0.4, 0.5) is 8.78 Å². The summed E-state index contributed by atoms with van der Waals surface area (Å²) in [5.74, 6) is -2.00. The van der Waals surface area contributed by atoms with Crippen molar-refractivity contribution in [2.24, 2.45) is 0 Å². The number of halogens is 2. The van der Waals surface area contributed by atoms with Gasteiger partial charge >= 0.3 is 0 Å². The molecule has 0 aliphatic carbocycles. The third kappa shape index (κ3) is 4.44. The summed E-state index contributed by atoms with van der Waals surface area (Å²) in [6.07, 6.45) is 0. The van der Waals surface area contributed by atoms with E-state index >= 15 is 0 Å². The van der Waals surface area contributed by atoms with Crippen molar-refractivity contribution in [2.75, 3.05) is 0 Å². The largest absolute Gasteiger partial charge is 0.344 e. The third-order valence-electron chi connectivity index (χ3n) is 4.05. The Morgan fingerprint density at radius 3 is 2.56 bits per heavy atom. The second kappa shape index (κ2) is 7.90. The van der Waals surface area contributed by atoms with Crippen LogP contribution in [0.3, 0.4) is 0 Å². The minimum Gasteiger partial charge on any atom is -0.344 e. The molecule has 3 rings (SSSR count). The number of carbonyl (C=O) groups excluding carboxylic acids is 1. The van der Waals surface area contributed by atoms with Crippen LogP contribution < -0.4 is 10.9 Å². The van der Waals surface area contributed by atoms with E-state index in [1.165, 1.54) is 22.9 Å². The van der Waals surface area contributed by atoms with Gasteiger partial charge in [-0.3, -0.25) is 9.59 Å². The number of nitrogens with one attached hydrogen (secondary N) is 1. The van der Waals surface area contributed by atoms with E-state index in [9.17, 15) is 18.4 Å². The molecule has 138 valence electrons. The molecule has 1 N–H and O–H groups in total. The van der Waals surface area contributed by atoms with Gasteiger partial charge in [-0.05, 0) is 24.6 Å². The van der Waals surface area contributed by atoms with Crippen LogP contribution in [0.25, 0.3) is 0 Å². The van der Waals surface area contributed by atoms with Gasteiger partial charge in [-0.25, -0.2) is 13.5 Å². The highest BCUT2D eigenvalue weighted by molar-refractivity contribution is 5.92. The molecule has 1 atom stereocenters. The number of hydrogen-bond acceptors (Lipinski definition) is 3.